The average Bonchev–Trinajstić information content (AvgIpc) is 2.77. The van der Waals surface area contributed by atoms with Crippen molar-refractivity contribution in [3.63, 3.8) is 0 Å². The lowest BCUT2D eigenvalue weighted by molar-refractivity contribution is -0.126. The molecule has 3 rings (SSSR count). The van der Waals surface area contributed by atoms with E-state index in [4.69, 9.17) is 4.74 Å². The smallest absolute Gasteiger partial charge is 0.255 e. The number of rotatable bonds is 3. The number of benzene rings is 1. The zero-order chi connectivity index (χ0) is 15.9. The van der Waals surface area contributed by atoms with E-state index in [1.165, 1.54) is 0 Å². The van der Waals surface area contributed by atoms with E-state index in [0.717, 1.165) is 11.3 Å². The number of piperidine rings is 1. The maximum Gasteiger partial charge on any atom is 0.255 e. The normalized spacial score (nSPS) is 21.1. The highest BCUT2D eigenvalue weighted by Gasteiger charge is 2.39. The van der Waals surface area contributed by atoms with E-state index in [9.17, 15) is 9.59 Å². The third kappa shape index (κ3) is 2.47. The van der Waals surface area contributed by atoms with Gasteiger partial charge in [-0.15, -0.1) is 0 Å². The lowest BCUT2D eigenvalue weighted by Crippen LogP contribution is -2.49. The fourth-order valence-corrected chi connectivity index (χ4v) is 3.00. The molecule has 1 unspecified atom stereocenters. The summed E-state index contributed by atoms with van der Waals surface area (Å²) in [5.74, 6) is 0.476. The van der Waals surface area contributed by atoms with E-state index < -0.39 is 6.04 Å². The summed E-state index contributed by atoms with van der Waals surface area (Å²) < 4.78 is 5.79. The summed E-state index contributed by atoms with van der Waals surface area (Å²) in [5, 5.41) is 2.74. The van der Waals surface area contributed by atoms with Crippen LogP contribution in [0, 0.1) is 0 Å². The summed E-state index contributed by atoms with van der Waals surface area (Å²) in [6.07, 6.45) is 1.35. The van der Waals surface area contributed by atoms with E-state index in [-0.39, 0.29) is 17.9 Å². The van der Waals surface area contributed by atoms with Gasteiger partial charge in [-0.2, -0.15) is 0 Å². The van der Waals surface area contributed by atoms with Crippen LogP contribution in [-0.2, 0) is 11.3 Å². The van der Waals surface area contributed by atoms with Gasteiger partial charge in [0.05, 0.1) is 12.6 Å². The lowest BCUT2D eigenvalue weighted by atomic mass is 10.0. The maximum absolute atomic E-state index is 12.6. The van der Waals surface area contributed by atoms with Gasteiger partial charge in [-0.05, 0) is 38.8 Å². The molecule has 0 radical (unpaired) electrons. The molecular formula is C17H20N2O3. The minimum absolute atomic E-state index is 0.0388. The first-order valence-corrected chi connectivity index (χ1v) is 7.55. The van der Waals surface area contributed by atoms with Crippen molar-refractivity contribution < 1.29 is 14.3 Å². The van der Waals surface area contributed by atoms with Crippen molar-refractivity contribution >= 4 is 11.8 Å². The van der Waals surface area contributed by atoms with E-state index in [1.54, 1.807) is 11.0 Å². The van der Waals surface area contributed by atoms with Crippen molar-refractivity contribution in [2.24, 2.45) is 0 Å². The van der Waals surface area contributed by atoms with Gasteiger partial charge < -0.3 is 15.0 Å². The highest BCUT2D eigenvalue weighted by atomic mass is 16.5. The van der Waals surface area contributed by atoms with E-state index >= 15 is 0 Å². The molecule has 22 heavy (non-hydrogen) atoms. The Morgan fingerprint density at radius 3 is 2.82 bits per heavy atom. The van der Waals surface area contributed by atoms with Gasteiger partial charge in [0.15, 0.2) is 0 Å². The fraction of sp³-hybridized carbons (Fsp3) is 0.412. The first kappa shape index (κ1) is 14.6. The molecular weight excluding hydrogens is 280 g/mol. The standard InChI is InChI=1S/C17H20N2O3/c1-10(2)22-15-6-4-5-12-13(15)9-19(17(12)21)14-8-7-11(3)18-16(14)20/h4-6,10,14H,3,7-9H2,1-2H3,(H,18,20). The van der Waals surface area contributed by atoms with Gasteiger partial charge in [-0.3, -0.25) is 9.59 Å². The van der Waals surface area contributed by atoms with Crippen LogP contribution < -0.4 is 10.1 Å². The number of allylic oxidation sites excluding steroid dienone is 1. The minimum atomic E-state index is -0.433. The Labute approximate surface area is 129 Å². The molecule has 0 spiro atoms. The summed E-state index contributed by atoms with van der Waals surface area (Å²) >= 11 is 0. The van der Waals surface area contributed by atoms with Gasteiger partial charge in [-0.25, -0.2) is 0 Å². The predicted octanol–water partition coefficient (Wildman–Crippen LogP) is 2.22. The van der Waals surface area contributed by atoms with Crippen molar-refractivity contribution in [2.45, 2.75) is 45.4 Å². The first-order valence-electron chi connectivity index (χ1n) is 7.55. The van der Waals surface area contributed by atoms with Crippen LogP contribution in [0.4, 0.5) is 0 Å². The van der Waals surface area contributed by atoms with Crippen LogP contribution in [-0.4, -0.2) is 28.9 Å². The van der Waals surface area contributed by atoms with E-state index in [1.807, 2.05) is 26.0 Å². The number of fused-ring (bicyclic) bond motifs is 1. The topological polar surface area (TPSA) is 58.6 Å². The summed E-state index contributed by atoms with van der Waals surface area (Å²) in [7, 11) is 0. The third-order valence-electron chi connectivity index (χ3n) is 4.01. The zero-order valence-electron chi connectivity index (χ0n) is 12.9. The molecule has 1 saturated heterocycles. The molecule has 2 amide bonds. The largest absolute Gasteiger partial charge is 0.491 e. The highest BCUT2D eigenvalue weighted by molar-refractivity contribution is 6.02. The molecule has 5 nitrogen and oxygen atoms in total. The second-order valence-corrected chi connectivity index (χ2v) is 6.03. The molecule has 0 aliphatic carbocycles. The summed E-state index contributed by atoms with van der Waals surface area (Å²) in [6.45, 7) is 8.10. The maximum atomic E-state index is 12.6. The van der Waals surface area contributed by atoms with E-state index in [0.29, 0.717) is 30.6 Å². The minimum Gasteiger partial charge on any atom is -0.491 e. The second-order valence-electron chi connectivity index (χ2n) is 6.03. The number of hydrogen-bond donors (Lipinski definition) is 1. The Bertz CT molecular complexity index is 651. The van der Waals surface area contributed by atoms with Crippen LogP contribution in [0.15, 0.2) is 30.5 Å². The van der Waals surface area contributed by atoms with Crippen LogP contribution >= 0.6 is 0 Å². The van der Waals surface area contributed by atoms with Crippen molar-refractivity contribution in [3.8, 4) is 5.75 Å². The van der Waals surface area contributed by atoms with Gasteiger partial charge in [0.1, 0.15) is 11.8 Å². The van der Waals surface area contributed by atoms with Crippen LogP contribution in [0.1, 0.15) is 42.6 Å². The molecule has 1 aromatic rings. The first-order chi connectivity index (χ1) is 10.5. The molecule has 1 fully saturated rings. The van der Waals surface area contributed by atoms with Crippen LogP contribution in [0.2, 0.25) is 0 Å². The number of carbonyl (C=O) groups is 2. The van der Waals surface area contributed by atoms with Gasteiger partial charge in [0, 0.05) is 16.8 Å². The molecule has 0 bridgehead atoms. The molecule has 2 aliphatic heterocycles. The number of amides is 2. The Kier molecular flexibility index (Phi) is 3.64. The third-order valence-corrected chi connectivity index (χ3v) is 4.01. The Hall–Kier alpha value is -2.30. The van der Waals surface area contributed by atoms with Crippen molar-refractivity contribution in [2.75, 3.05) is 0 Å². The zero-order valence-corrected chi connectivity index (χ0v) is 12.9. The van der Waals surface area contributed by atoms with Crippen molar-refractivity contribution in [3.05, 3.63) is 41.6 Å². The van der Waals surface area contributed by atoms with Crippen LogP contribution in [0.3, 0.4) is 0 Å². The van der Waals surface area contributed by atoms with Gasteiger partial charge in [0.25, 0.3) is 5.91 Å². The fourth-order valence-electron chi connectivity index (χ4n) is 3.00. The summed E-state index contributed by atoms with van der Waals surface area (Å²) in [4.78, 5) is 26.4. The van der Waals surface area contributed by atoms with Gasteiger partial charge >= 0.3 is 0 Å². The van der Waals surface area contributed by atoms with Crippen molar-refractivity contribution in [1.29, 1.82) is 0 Å². The SMILES string of the molecule is C=C1CCC(N2Cc3c(OC(C)C)cccc3C2=O)C(=O)N1. The van der Waals surface area contributed by atoms with Crippen molar-refractivity contribution in [1.82, 2.24) is 10.2 Å². The lowest BCUT2D eigenvalue weighted by Gasteiger charge is -2.31. The molecule has 1 aromatic carbocycles. The quantitative estimate of drug-likeness (QED) is 0.931. The number of hydrogen-bond acceptors (Lipinski definition) is 3. The molecule has 0 saturated carbocycles. The Morgan fingerprint density at radius 2 is 2.14 bits per heavy atom. The van der Waals surface area contributed by atoms with E-state index in [2.05, 4.69) is 11.9 Å². The molecule has 0 aromatic heterocycles. The molecule has 1 N–H and O–H groups in total. The predicted molar refractivity (Wildman–Crippen MR) is 82.4 cm³/mol. The Morgan fingerprint density at radius 1 is 1.36 bits per heavy atom. The van der Waals surface area contributed by atoms with Gasteiger partial charge in [-0.1, -0.05) is 12.6 Å². The number of nitrogens with zero attached hydrogens (tertiary/aromatic N) is 1. The molecule has 2 aliphatic rings. The second kappa shape index (κ2) is 5.48. The molecule has 1 atom stereocenters. The summed E-state index contributed by atoms with van der Waals surface area (Å²) in [5.41, 5.74) is 2.22. The molecule has 5 heteroatoms. The highest BCUT2D eigenvalue weighted by Crippen LogP contribution is 2.34. The van der Waals surface area contributed by atoms with Gasteiger partial charge in [0.2, 0.25) is 5.91 Å². The number of carbonyl (C=O) groups excluding carboxylic acids is 2. The van der Waals surface area contributed by atoms with Crippen LogP contribution in [0.25, 0.3) is 0 Å². The average molecular weight is 300 g/mol. The molecule has 2 heterocycles. The summed E-state index contributed by atoms with van der Waals surface area (Å²) in [6, 6.07) is 5.06. The number of nitrogens with one attached hydrogen (secondary N) is 1. The number of ether oxygens (including phenoxy) is 1. The monoisotopic (exact) mass is 300 g/mol. The Balaban J connectivity index is 1.88. The molecule has 116 valence electrons. The van der Waals surface area contributed by atoms with Crippen LogP contribution in [0.5, 0.6) is 5.75 Å².